The summed E-state index contributed by atoms with van der Waals surface area (Å²) in [6.45, 7) is 6.31. The number of anilines is 1. The van der Waals surface area contributed by atoms with Crippen LogP contribution in [0.5, 0.6) is 5.75 Å². The van der Waals surface area contributed by atoms with E-state index in [4.69, 9.17) is 4.74 Å². The number of thiophene rings is 1. The minimum atomic E-state index is -0.0275. The first-order valence-electron chi connectivity index (χ1n) is 11.1. The van der Waals surface area contributed by atoms with Gasteiger partial charge in [0.15, 0.2) is 0 Å². The van der Waals surface area contributed by atoms with Gasteiger partial charge in [0.25, 0.3) is 0 Å². The van der Waals surface area contributed by atoms with Crippen molar-refractivity contribution in [2.75, 3.05) is 51.7 Å². The maximum atomic E-state index is 12.5. The Kier molecular flexibility index (Phi) is 7.87. The van der Waals surface area contributed by atoms with E-state index in [1.807, 2.05) is 47.8 Å². The Bertz CT molecular complexity index is 1000. The van der Waals surface area contributed by atoms with Crippen LogP contribution >= 0.6 is 11.3 Å². The van der Waals surface area contributed by atoms with Crippen LogP contribution in [-0.4, -0.2) is 67.1 Å². The van der Waals surface area contributed by atoms with Crippen LogP contribution in [0.25, 0.3) is 11.1 Å². The Morgan fingerprint density at radius 3 is 2.72 bits per heavy atom. The molecule has 1 aromatic carbocycles. The summed E-state index contributed by atoms with van der Waals surface area (Å²) in [6, 6.07) is 13.8. The first-order valence-corrected chi connectivity index (χ1v) is 11.9. The first kappa shape index (κ1) is 22.5. The predicted octanol–water partition coefficient (Wildman–Crippen LogP) is 4.01. The Labute approximate surface area is 193 Å². The molecule has 0 bridgehead atoms. The van der Waals surface area contributed by atoms with E-state index in [0.717, 1.165) is 66.6 Å². The van der Waals surface area contributed by atoms with Crippen LogP contribution in [0.3, 0.4) is 0 Å². The molecule has 0 aliphatic carbocycles. The molecule has 4 rings (SSSR count). The van der Waals surface area contributed by atoms with E-state index in [0.29, 0.717) is 13.0 Å². The fraction of sp³-hybridized carbons (Fsp3) is 0.360. The van der Waals surface area contributed by atoms with Gasteiger partial charge in [0.2, 0.25) is 5.91 Å². The molecule has 2 aromatic heterocycles. The summed E-state index contributed by atoms with van der Waals surface area (Å²) in [5, 5.41) is 5.89. The number of benzene rings is 1. The molecule has 1 amide bonds. The topological polar surface area (TPSA) is 57.7 Å². The van der Waals surface area contributed by atoms with Gasteiger partial charge in [-0.2, -0.15) is 0 Å². The van der Waals surface area contributed by atoms with Crippen molar-refractivity contribution < 1.29 is 9.53 Å². The second-order valence-electron chi connectivity index (χ2n) is 8.15. The summed E-state index contributed by atoms with van der Waals surface area (Å²) in [6.07, 6.45) is 4.87. The first-order chi connectivity index (χ1) is 15.7. The summed E-state index contributed by atoms with van der Waals surface area (Å²) in [5.74, 6) is 0.796. The molecule has 0 unspecified atom stereocenters. The molecule has 32 heavy (non-hydrogen) atoms. The lowest BCUT2D eigenvalue weighted by atomic mass is 10.1. The fourth-order valence-electron chi connectivity index (χ4n) is 3.76. The normalized spacial score (nSPS) is 14.9. The lowest BCUT2D eigenvalue weighted by Gasteiger charge is -2.32. The fourth-order valence-corrected chi connectivity index (χ4v) is 4.59. The Morgan fingerprint density at radius 1 is 1.09 bits per heavy atom. The van der Waals surface area contributed by atoms with Crippen molar-refractivity contribution in [3.8, 4) is 16.9 Å². The van der Waals surface area contributed by atoms with Gasteiger partial charge in [-0.3, -0.25) is 9.78 Å². The predicted molar refractivity (Wildman–Crippen MR) is 130 cm³/mol. The zero-order valence-corrected chi connectivity index (χ0v) is 19.3. The number of rotatable bonds is 9. The molecule has 0 radical (unpaired) electrons. The van der Waals surface area contributed by atoms with Crippen molar-refractivity contribution in [1.82, 2.24) is 14.8 Å². The van der Waals surface area contributed by atoms with E-state index in [1.165, 1.54) is 11.3 Å². The van der Waals surface area contributed by atoms with Crippen molar-refractivity contribution in [1.29, 1.82) is 0 Å². The highest BCUT2D eigenvalue weighted by atomic mass is 32.1. The number of likely N-dealkylation sites (N-methyl/N-ethyl adjacent to an activating group) is 1. The van der Waals surface area contributed by atoms with Crippen molar-refractivity contribution in [3.05, 3.63) is 65.8 Å². The van der Waals surface area contributed by atoms with Gasteiger partial charge in [-0.05, 0) is 60.5 Å². The van der Waals surface area contributed by atoms with Crippen LogP contribution in [0.15, 0.2) is 60.2 Å². The van der Waals surface area contributed by atoms with Crippen LogP contribution in [0.2, 0.25) is 0 Å². The lowest BCUT2D eigenvalue weighted by molar-refractivity contribution is -0.115. The van der Waals surface area contributed by atoms with Crippen molar-refractivity contribution in [3.63, 3.8) is 0 Å². The molecule has 6 nitrogen and oxygen atoms in total. The number of carbonyl (C=O) groups is 1. The van der Waals surface area contributed by atoms with Crippen LogP contribution in [-0.2, 0) is 11.2 Å². The Morgan fingerprint density at radius 2 is 1.91 bits per heavy atom. The van der Waals surface area contributed by atoms with Gasteiger partial charge in [0.05, 0.1) is 18.0 Å². The molecule has 168 valence electrons. The third-order valence-corrected chi connectivity index (χ3v) is 6.47. The maximum Gasteiger partial charge on any atom is 0.229 e. The van der Waals surface area contributed by atoms with Crippen LogP contribution < -0.4 is 10.1 Å². The second-order valence-corrected chi connectivity index (χ2v) is 9.07. The zero-order chi connectivity index (χ0) is 22.2. The molecular formula is C25H30N4O2S. The molecule has 3 aromatic rings. The third-order valence-electron chi connectivity index (χ3n) is 5.62. The van der Waals surface area contributed by atoms with Gasteiger partial charge in [-0.15, -0.1) is 11.3 Å². The number of pyridine rings is 1. The van der Waals surface area contributed by atoms with Crippen molar-refractivity contribution in [2.45, 2.75) is 12.8 Å². The van der Waals surface area contributed by atoms with E-state index in [1.54, 1.807) is 12.4 Å². The highest BCUT2D eigenvalue weighted by Gasteiger charge is 2.13. The molecule has 1 aliphatic rings. The van der Waals surface area contributed by atoms with Gasteiger partial charge in [-0.1, -0.05) is 12.1 Å². The largest absolute Gasteiger partial charge is 0.494 e. The highest BCUT2D eigenvalue weighted by Crippen LogP contribution is 2.28. The van der Waals surface area contributed by atoms with Gasteiger partial charge < -0.3 is 19.9 Å². The molecular weight excluding hydrogens is 420 g/mol. The average Bonchev–Trinajstić information content (AvgIpc) is 3.27. The van der Waals surface area contributed by atoms with Gasteiger partial charge in [0, 0.05) is 50.5 Å². The molecule has 1 fully saturated rings. The van der Waals surface area contributed by atoms with E-state index in [2.05, 4.69) is 27.1 Å². The average molecular weight is 451 g/mol. The van der Waals surface area contributed by atoms with Crippen LogP contribution in [0.1, 0.15) is 12.0 Å². The summed E-state index contributed by atoms with van der Waals surface area (Å²) in [5.41, 5.74) is 3.12. The third kappa shape index (κ3) is 6.63. The number of aromatic nitrogens is 1. The minimum absolute atomic E-state index is 0.0275. The van der Waals surface area contributed by atoms with Crippen LogP contribution in [0.4, 0.5) is 5.00 Å². The summed E-state index contributed by atoms with van der Waals surface area (Å²) in [4.78, 5) is 21.4. The number of hydrogen-bond donors (Lipinski definition) is 1. The van der Waals surface area contributed by atoms with Gasteiger partial charge in [-0.25, -0.2) is 0 Å². The highest BCUT2D eigenvalue weighted by molar-refractivity contribution is 7.14. The molecule has 1 N–H and O–H groups in total. The van der Waals surface area contributed by atoms with Crippen molar-refractivity contribution >= 4 is 22.2 Å². The molecule has 0 saturated carbocycles. The Balaban J connectivity index is 1.22. The maximum absolute atomic E-state index is 12.5. The number of amides is 1. The summed E-state index contributed by atoms with van der Waals surface area (Å²) in [7, 11) is 2.17. The van der Waals surface area contributed by atoms with Crippen LogP contribution in [0, 0.1) is 0 Å². The molecule has 3 heterocycles. The van der Waals surface area contributed by atoms with Gasteiger partial charge in [0.1, 0.15) is 5.75 Å². The molecule has 7 heteroatoms. The molecule has 0 spiro atoms. The number of carbonyl (C=O) groups excluding carboxylic acids is 1. The lowest BCUT2D eigenvalue weighted by Crippen LogP contribution is -2.44. The monoisotopic (exact) mass is 450 g/mol. The summed E-state index contributed by atoms with van der Waals surface area (Å²) >= 11 is 1.53. The molecule has 0 atom stereocenters. The number of nitrogens with one attached hydrogen (secondary N) is 1. The van der Waals surface area contributed by atoms with Gasteiger partial charge >= 0.3 is 0 Å². The summed E-state index contributed by atoms with van der Waals surface area (Å²) < 4.78 is 5.94. The molecule has 1 saturated heterocycles. The smallest absolute Gasteiger partial charge is 0.229 e. The van der Waals surface area contributed by atoms with E-state index in [-0.39, 0.29) is 5.91 Å². The van der Waals surface area contributed by atoms with E-state index < -0.39 is 0 Å². The number of ether oxygens (including phenoxy) is 1. The zero-order valence-electron chi connectivity index (χ0n) is 18.5. The second kappa shape index (κ2) is 11.2. The minimum Gasteiger partial charge on any atom is -0.494 e. The number of hydrogen-bond acceptors (Lipinski definition) is 6. The standard InChI is InChI=1S/C25H30N4O2S/c1-28-11-13-29(14-12-28)10-3-15-31-23-5-2-4-20(16-23)17-24(30)27-25-18-22(19-32-25)21-6-8-26-9-7-21/h2,4-9,16,18-19H,3,10-15,17H2,1H3,(H,27,30). The Hall–Kier alpha value is -2.74. The quantitative estimate of drug-likeness (QED) is 0.499. The van der Waals surface area contributed by atoms with Crippen molar-refractivity contribution in [2.24, 2.45) is 0 Å². The SMILES string of the molecule is CN1CCN(CCCOc2cccc(CC(=O)Nc3cc(-c4ccncc4)cs3)c2)CC1. The van der Waals surface area contributed by atoms with E-state index in [9.17, 15) is 4.79 Å². The molecule has 1 aliphatic heterocycles. The number of piperazine rings is 1. The van der Waals surface area contributed by atoms with E-state index >= 15 is 0 Å². The number of nitrogens with zero attached hydrogens (tertiary/aromatic N) is 3.